The minimum Gasteiger partial charge on any atom is -0.384 e. The van der Waals surface area contributed by atoms with Crippen LogP contribution in [0.4, 0.5) is 5.69 Å². The number of benzene rings is 1. The van der Waals surface area contributed by atoms with Gasteiger partial charge in [0.25, 0.3) is 0 Å². The molecule has 1 aromatic rings. The summed E-state index contributed by atoms with van der Waals surface area (Å²) in [6.07, 6.45) is 6.52. The van der Waals surface area contributed by atoms with Gasteiger partial charge in [-0.2, -0.15) is 0 Å². The van der Waals surface area contributed by atoms with Crippen molar-refractivity contribution >= 4 is 11.5 Å². The van der Waals surface area contributed by atoms with Crippen molar-refractivity contribution in [2.24, 2.45) is 5.73 Å². The number of nitrogens with two attached hydrogens (primary N) is 1. The van der Waals surface area contributed by atoms with Gasteiger partial charge in [-0.1, -0.05) is 31.4 Å². The minimum absolute atomic E-state index is 0.132. The summed E-state index contributed by atoms with van der Waals surface area (Å²) in [4.78, 5) is 0. The van der Waals surface area contributed by atoms with Crippen molar-refractivity contribution in [2.75, 3.05) is 5.32 Å². The third-order valence-electron chi connectivity index (χ3n) is 3.15. The molecule has 1 fully saturated rings. The summed E-state index contributed by atoms with van der Waals surface area (Å²) in [5.74, 6) is 0.132. The summed E-state index contributed by atoms with van der Waals surface area (Å²) in [6.45, 7) is 0. The predicted octanol–water partition coefficient (Wildman–Crippen LogP) is 2.72. The van der Waals surface area contributed by atoms with E-state index in [9.17, 15) is 0 Å². The highest BCUT2D eigenvalue weighted by Crippen LogP contribution is 2.21. The SMILES string of the molecule is N=C(N)c1cccc(NC2CCCCC2)c1. The molecular weight excluding hydrogens is 198 g/mol. The van der Waals surface area contributed by atoms with Gasteiger partial charge in [0, 0.05) is 17.3 Å². The number of anilines is 1. The van der Waals surface area contributed by atoms with Crippen LogP contribution in [0, 0.1) is 5.41 Å². The summed E-state index contributed by atoms with van der Waals surface area (Å²) in [7, 11) is 0. The molecule has 0 saturated heterocycles. The van der Waals surface area contributed by atoms with E-state index in [0.717, 1.165) is 11.3 Å². The molecule has 0 spiro atoms. The zero-order valence-corrected chi connectivity index (χ0v) is 9.50. The van der Waals surface area contributed by atoms with E-state index in [1.807, 2.05) is 24.3 Å². The van der Waals surface area contributed by atoms with E-state index in [0.29, 0.717) is 6.04 Å². The predicted molar refractivity (Wildman–Crippen MR) is 68.0 cm³/mol. The van der Waals surface area contributed by atoms with Crippen molar-refractivity contribution in [1.82, 2.24) is 0 Å². The first-order chi connectivity index (χ1) is 7.75. The number of nitrogens with one attached hydrogen (secondary N) is 2. The molecule has 0 atom stereocenters. The van der Waals surface area contributed by atoms with Crippen LogP contribution in [0.3, 0.4) is 0 Å². The molecule has 1 aliphatic rings. The lowest BCUT2D eigenvalue weighted by molar-refractivity contribution is 0.463. The molecule has 1 saturated carbocycles. The van der Waals surface area contributed by atoms with Crippen molar-refractivity contribution in [3.05, 3.63) is 29.8 Å². The lowest BCUT2D eigenvalue weighted by Gasteiger charge is -2.24. The van der Waals surface area contributed by atoms with Crippen LogP contribution in [0.25, 0.3) is 0 Å². The van der Waals surface area contributed by atoms with E-state index < -0.39 is 0 Å². The van der Waals surface area contributed by atoms with Gasteiger partial charge in [0.2, 0.25) is 0 Å². The van der Waals surface area contributed by atoms with Crippen molar-refractivity contribution in [2.45, 2.75) is 38.1 Å². The second-order valence-electron chi connectivity index (χ2n) is 4.47. The van der Waals surface area contributed by atoms with Crippen LogP contribution >= 0.6 is 0 Å². The van der Waals surface area contributed by atoms with Gasteiger partial charge in [-0.25, -0.2) is 0 Å². The molecule has 0 amide bonds. The molecule has 0 aliphatic heterocycles. The van der Waals surface area contributed by atoms with Crippen LogP contribution in [-0.4, -0.2) is 11.9 Å². The monoisotopic (exact) mass is 217 g/mol. The van der Waals surface area contributed by atoms with Crippen LogP contribution in [0.15, 0.2) is 24.3 Å². The van der Waals surface area contributed by atoms with E-state index in [2.05, 4.69) is 5.32 Å². The van der Waals surface area contributed by atoms with Crippen LogP contribution < -0.4 is 11.1 Å². The Bertz CT molecular complexity index is 367. The molecule has 0 unspecified atom stereocenters. The van der Waals surface area contributed by atoms with Gasteiger partial charge in [0.05, 0.1) is 0 Å². The van der Waals surface area contributed by atoms with Gasteiger partial charge < -0.3 is 11.1 Å². The number of hydrogen-bond donors (Lipinski definition) is 3. The average Bonchev–Trinajstić information content (AvgIpc) is 2.30. The first-order valence-corrected chi connectivity index (χ1v) is 5.97. The summed E-state index contributed by atoms with van der Waals surface area (Å²) in [6, 6.07) is 8.41. The summed E-state index contributed by atoms with van der Waals surface area (Å²) < 4.78 is 0. The van der Waals surface area contributed by atoms with Gasteiger partial charge in [-0.15, -0.1) is 0 Å². The Morgan fingerprint density at radius 1 is 1.25 bits per heavy atom. The molecule has 0 bridgehead atoms. The largest absolute Gasteiger partial charge is 0.384 e. The Morgan fingerprint density at radius 2 is 2.00 bits per heavy atom. The van der Waals surface area contributed by atoms with Crippen LogP contribution in [0.2, 0.25) is 0 Å². The molecule has 1 aromatic carbocycles. The number of nitrogen functional groups attached to an aromatic ring is 1. The van der Waals surface area contributed by atoms with Crippen LogP contribution in [0.1, 0.15) is 37.7 Å². The van der Waals surface area contributed by atoms with Gasteiger partial charge >= 0.3 is 0 Å². The molecule has 0 radical (unpaired) electrons. The second-order valence-corrected chi connectivity index (χ2v) is 4.47. The van der Waals surface area contributed by atoms with E-state index in [-0.39, 0.29) is 5.84 Å². The second kappa shape index (κ2) is 5.01. The first-order valence-electron chi connectivity index (χ1n) is 5.97. The fourth-order valence-electron chi connectivity index (χ4n) is 2.26. The molecular formula is C13H19N3. The third kappa shape index (κ3) is 2.75. The van der Waals surface area contributed by atoms with Crippen LogP contribution in [0.5, 0.6) is 0 Å². The summed E-state index contributed by atoms with van der Waals surface area (Å²) >= 11 is 0. The Labute approximate surface area is 96.6 Å². The Morgan fingerprint density at radius 3 is 2.69 bits per heavy atom. The van der Waals surface area contributed by atoms with E-state index in [1.54, 1.807) is 0 Å². The minimum atomic E-state index is 0.132. The molecule has 3 nitrogen and oxygen atoms in total. The highest BCUT2D eigenvalue weighted by molar-refractivity contribution is 5.95. The molecule has 4 N–H and O–H groups in total. The van der Waals surface area contributed by atoms with Gasteiger partial charge in [-0.3, -0.25) is 5.41 Å². The van der Waals surface area contributed by atoms with Crippen molar-refractivity contribution < 1.29 is 0 Å². The van der Waals surface area contributed by atoms with Crippen molar-refractivity contribution in [3.63, 3.8) is 0 Å². The smallest absolute Gasteiger partial charge is 0.122 e. The van der Waals surface area contributed by atoms with E-state index >= 15 is 0 Å². The van der Waals surface area contributed by atoms with E-state index in [4.69, 9.17) is 11.1 Å². The fourth-order valence-corrected chi connectivity index (χ4v) is 2.26. The number of rotatable bonds is 3. The third-order valence-corrected chi connectivity index (χ3v) is 3.15. The topological polar surface area (TPSA) is 61.9 Å². The standard InChI is InChI=1S/C13H19N3/c14-13(15)10-5-4-8-12(9-10)16-11-6-2-1-3-7-11/h4-5,8-9,11,16H,1-3,6-7H2,(H3,14,15). The van der Waals surface area contributed by atoms with Crippen molar-refractivity contribution in [1.29, 1.82) is 5.41 Å². The summed E-state index contributed by atoms with van der Waals surface area (Å²) in [5, 5.41) is 10.9. The molecule has 86 valence electrons. The Hall–Kier alpha value is -1.51. The maximum absolute atomic E-state index is 7.40. The molecule has 2 rings (SSSR count). The zero-order chi connectivity index (χ0) is 11.4. The normalized spacial score (nSPS) is 17.0. The molecule has 16 heavy (non-hydrogen) atoms. The average molecular weight is 217 g/mol. The maximum Gasteiger partial charge on any atom is 0.122 e. The maximum atomic E-state index is 7.40. The molecule has 1 aliphatic carbocycles. The first kappa shape index (κ1) is 11.0. The fraction of sp³-hybridized carbons (Fsp3) is 0.462. The highest BCUT2D eigenvalue weighted by atomic mass is 14.9. The summed E-state index contributed by atoms with van der Waals surface area (Å²) in [5.41, 5.74) is 7.35. The number of hydrogen-bond acceptors (Lipinski definition) is 2. The quantitative estimate of drug-likeness (QED) is 0.538. The van der Waals surface area contributed by atoms with Gasteiger partial charge in [0.15, 0.2) is 0 Å². The molecule has 3 heteroatoms. The Kier molecular flexibility index (Phi) is 3.44. The lowest BCUT2D eigenvalue weighted by Crippen LogP contribution is -2.22. The van der Waals surface area contributed by atoms with Crippen LogP contribution in [-0.2, 0) is 0 Å². The van der Waals surface area contributed by atoms with Gasteiger partial charge in [0.1, 0.15) is 5.84 Å². The molecule has 0 heterocycles. The zero-order valence-electron chi connectivity index (χ0n) is 9.50. The number of amidine groups is 1. The van der Waals surface area contributed by atoms with Crippen molar-refractivity contribution in [3.8, 4) is 0 Å². The molecule has 0 aromatic heterocycles. The Balaban J connectivity index is 2.02. The highest BCUT2D eigenvalue weighted by Gasteiger charge is 2.12. The lowest BCUT2D eigenvalue weighted by atomic mass is 9.95. The van der Waals surface area contributed by atoms with E-state index in [1.165, 1.54) is 32.1 Å². The van der Waals surface area contributed by atoms with Gasteiger partial charge in [-0.05, 0) is 25.0 Å².